The Morgan fingerprint density at radius 1 is 0.441 bits per heavy atom. The summed E-state index contributed by atoms with van der Waals surface area (Å²) in [5, 5.41) is 0. The maximum Gasteiger partial charge on any atom is 0.955 e. The van der Waals surface area contributed by atoms with Crippen LogP contribution in [0.3, 0.4) is 0 Å². The largest absolute Gasteiger partial charge is 0.955 e. The molecule has 3 N–H and O–H groups in total. The fourth-order valence-corrected chi connectivity index (χ4v) is 7.97. The second kappa shape index (κ2) is 11.2. The summed E-state index contributed by atoms with van der Waals surface area (Å²) in [6.45, 7) is 0. The topological polar surface area (TPSA) is 166 Å². The maximum absolute atomic E-state index is 12.4. The van der Waals surface area contributed by atoms with Crippen molar-refractivity contribution < 1.29 is 35.0 Å². The molecule has 34 heavy (non-hydrogen) atoms. The van der Waals surface area contributed by atoms with Gasteiger partial charge in [0.1, 0.15) is 0 Å². The second-order valence-corrected chi connectivity index (χ2v) is 12.6. The third-order valence-corrected chi connectivity index (χ3v) is 10.0. The molecule has 3 aromatic carbocycles. The fourth-order valence-electron chi connectivity index (χ4n) is 2.38. The molecule has 0 radical (unpaired) electrons. The summed E-state index contributed by atoms with van der Waals surface area (Å²) in [5.41, 5.74) is 0.224. The molecule has 0 aromatic heterocycles. The number of hydrogen-bond donors (Lipinski definition) is 3. The smallest absolute Gasteiger partial charge is 0.325 e. The molecule has 0 bridgehead atoms. The molecular formula is C18H18AlN3O9S3. The zero-order valence-corrected chi connectivity index (χ0v) is 20.7. The predicted molar refractivity (Wildman–Crippen MR) is 126 cm³/mol. The average Bonchev–Trinajstić information content (AvgIpc) is 2.73. The summed E-state index contributed by atoms with van der Waals surface area (Å²) in [5.74, 6) is 0. The Morgan fingerprint density at radius 3 is 0.912 bits per heavy atom. The van der Waals surface area contributed by atoms with Gasteiger partial charge in [0.25, 0.3) is 0 Å². The summed E-state index contributed by atoms with van der Waals surface area (Å²) < 4.78 is 94.6. The summed E-state index contributed by atoms with van der Waals surface area (Å²) in [6, 6.07) is 22.4. The van der Waals surface area contributed by atoms with Gasteiger partial charge in [0.2, 0.25) is 0 Å². The highest BCUT2D eigenvalue weighted by Gasteiger charge is 2.47. The molecule has 0 fully saturated rings. The summed E-state index contributed by atoms with van der Waals surface area (Å²) in [4.78, 5) is 0. The van der Waals surface area contributed by atoms with E-state index in [9.17, 15) is 25.3 Å². The van der Waals surface area contributed by atoms with Crippen LogP contribution in [0.4, 0.5) is 17.1 Å². The van der Waals surface area contributed by atoms with Crippen molar-refractivity contribution in [3.8, 4) is 0 Å². The predicted octanol–water partition coefficient (Wildman–Crippen LogP) is 2.09. The lowest BCUT2D eigenvalue weighted by Crippen LogP contribution is -2.39. The van der Waals surface area contributed by atoms with Gasteiger partial charge in [-0.1, -0.05) is 54.6 Å². The van der Waals surface area contributed by atoms with E-state index in [2.05, 4.69) is 0 Å². The van der Waals surface area contributed by atoms with Crippen LogP contribution >= 0.6 is 0 Å². The third-order valence-electron chi connectivity index (χ3n) is 3.67. The van der Waals surface area contributed by atoms with E-state index in [1.807, 2.05) is 14.2 Å². The van der Waals surface area contributed by atoms with Crippen molar-refractivity contribution in [2.24, 2.45) is 0 Å². The standard InChI is InChI=1S/3C6H7NO3S.Al/c3*8-11(9,10)7-6-4-2-1-3-5-6;/h3*1-5,7H,(H,8,9,10);/q;;;+3/p-3. The summed E-state index contributed by atoms with van der Waals surface area (Å²) in [7, 11) is -14.2. The minimum atomic E-state index is -4.75. The van der Waals surface area contributed by atoms with Crippen LogP contribution in [0.25, 0.3) is 0 Å². The zero-order valence-electron chi connectivity index (χ0n) is 17.1. The molecular weight excluding hydrogens is 525 g/mol. The Morgan fingerprint density at radius 2 is 0.676 bits per heavy atom. The van der Waals surface area contributed by atoms with Gasteiger partial charge >= 0.3 is 46.1 Å². The maximum atomic E-state index is 12.4. The van der Waals surface area contributed by atoms with E-state index < -0.39 is 46.1 Å². The number of hydrogen-bond acceptors (Lipinski definition) is 9. The van der Waals surface area contributed by atoms with Crippen LogP contribution in [-0.4, -0.2) is 40.4 Å². The molecule has 0 aliphatic rings. The van der Waals surface area contributed by atoms with E-state index in [0.29, 0.717) is 0 Å². The molecule has 0 saturated carbocycles. The Bertz CT molecular complexity index is 1220. The van der Waals surface area contributed by atoms with Gasteiger partial charge in [-0.25, -0.2) is 0 Å². The van der Waals surface area contributed by atoms with Crippen LogP contribution in [-0.2, 0) is 40.6 Å². The van der Waals surface area contributed by atoms with Crippen LogP contribution in [0, 0.1) is 0 Å². The van der Waals surface area contributed by atoms with Crippen molar-refractivity contribution in [1.29, 1.82) is 0 Å². The minimum absolute atomic E-state index is 0.0748. The lowest BCUT2D eigenvalue weighted by Gasteiger charge is -2.16. The highest BCUT2D eigenvalue weighted by molar-refractivity contribution is 7.91. The molecule has 0 heterocycles. The number of anilines is 3. The first-order valence-corrected chi connectivity index (χ1v) is 14.9. The molecule has 0 aliphatic carbocycles. The molecule has 0 amide bonds. The normalized spacial score (nSPS) is 12.0. The van der Waals surface area contributed by atoms with Gasteiger partial charge in [-0.2, -0.15) is 25.3 Å². The zero-order chi connectivity index (χ0) is 24.7. The van der Waals surface area contributed by atoms with Gasteiger partial charge in [0, 0.05) is 0 Å². The molecule has 3 aromatic rings. The van der Waals surface area contributed by atoms with Crippen molar-refractivity contribution in [1.82, 2.24) is 0 Å². The van der Waals surface area contributed by atoms with E-state index in [1.165, 1.54) is 72.8 Å². The Kier molecular flexibility index (Phi) is 8.52. The summed E-state index contributed by atoms with van der Waals surface area (Å²) in [6.07, 6.45) is 0. The van der Waals surface area contributed by atoms with Crippen molar-refractivity contribution in [3.05, 3.63) is 91.0 Å². The molecule has 16 heteroatoms. The highest BCUT2D eigenvalue weighted by Crippen LogP contribution is 2.16. The van der Waals surface area contributed by atoms with Crippen LogP contribution in [0.2, 0.25) is 0 Å². The highest BCUT2D eigenvalue weighted by atomic mass is 32.3. The van der Waals surface area contributed by atoms with Crippen LogP contribution in [0.1, 0.15) is 0 Å². The molecule has 0 saturated heterocycles. The van der Waals surface area contributed by atoms with Gasteiger partial charge in [0.05, 0.1) is 17.1 Å². The number of nitrogens with one attached hydrogen (secondary N) is 3. The second-order valence-electron chi connectivity index (χ2n) is 6.34. The minimum Gasteiger partial charge on any atom is -0.325 e. The van der Waals surface area contributed by atoms with Gasteiger partial charge in [0.15, 0.2) is 0 Å². The monoisotopic (exact) mass is 543 g/mol. The van der Waals surface area contributed by atoms with E-state index in [-0.39, 0.29) is 17.1 Å². The van der Waals surface area contributed by atoms with Gasteiger partial charge in [-0.05, 0) is 36.4 Å². The number of rotatable bonds is 12. The molecule has 0 unspecified atom stereocenters. The molecule has 12 nitrogen and oxygen atoms in total. The van der Waals surface area contributed by atoms with Crippen molar-refractivity contribution in [2.75, 3.05) is 14.2 Å². The van der Waals surface area contributed by atoms with Crippen molar-refractivity contribution >= 4 is 63.1 Å². The van der Waals surface area contributed by atoms with Crippen molar-refractivity contribution in [3.63, 3.8) is 0 Å². The Labute approximate surface area is 202 Å². The quantitative estimate of drug-likeness (QED) is 0.290. The SMILES string of the molecule is O=S(=O)(Nc1ccccc1)[O][Al]([O]S(=O)(=O)Nc1ccccc1)[O]S(=O)(=O)Nc1ccccc1. The Hall–Kier alpha value is -2.68. The molecule has 180 valence electrons. The number of benzene rings is 3. The van der Waals surface area contributed by atoms with Crippen LogP contribution in [0.15, 0.2) is 91.0 Å². The Balaban J connectivity index is 1.81. The molecule has 0 atom stereocenters. The lowest BCUT2D eigenvalue weighted by atomic mass is 10.3. The van der Waals surface area contributed by atoms with Gasteiger partial charge < -0.3 is 9.70 Å². The summed E-state index contributed by atoms with van der Waals surface area (Å²) >= 11 is -4.48. The number of para-hydroxylation sites is 3. The average molecular weight is 544 g/mol. The van der Waals surface area contributed by atoms with Crippen molar-refractivity contribution in [2.45, 2.75) is 0 Å². The van der Waals surface area contributed by atoms with E-state index in [1.54, 1.807) is 18.2 Å². The van der Waals surface area contributed by atoms with Crippen LogP contribution < -0.4 is 14.2 Å². The first kappa shape index (κ1) is 25.9. The van der Waals surface area contributed by atoms with Gasteiger partial charge in [-0.15, -0.1) is 0 Å². The van der Waals surface area contributed by atoms with Crippen LogP contribution in [0.5, 0.6) is 0 Å². The van der Waals surface area contributed by atoms with Gasteiger partial charge in [-0.3, -0.25) is 14.2 Å². The molecule has 3 rings (SSSR count). The fraction of sp³-hybridized carbons (Fsp3) is 0. The van der Waals surface area contributed by atoms with E-state index in [0.717, 1.165) is 0 Å². The van der Waals surface area contributed by atoms with E-state index >= 15 is 0 Å². The lowest BCUT2D eigenvalue weighted by molar-refractivity contribution is 0.315. The first-order chi connectivity index (χ1) is 16.0. The van der Waals surface area contributed by atoms with E-state index in [4.69, 9.17) is 9.70 Å². The third kappa shape index (κ3) is 8.93. The molecule has 0 spiro atoms. The molecule has 0 aliphatic heterocycles. The first-order valence-electron chi connectivity index (χ1n) is 9.30.